The summed E-state index contributed by atoms with van der Waals surface area (Å²) in [5, 5.41) is 0.803. The minimum atomic E-state index is -1.02. The summed E-state index contributed by atoms with van der Waals surface area (Å²) in [5.74, 6) is -0.381. The van der Waals surface area contributed by atoms with Crippen LogP contribution < -0.4 is 0 Å². The molecule has 226 valence electrons. The van der Waals surface area contributed by atoms with Gasteiger partial charge in [0.25, 0.3) is 0 Å². The number of benzene rings is 3. The number of fused-ring (bicyclic) bond motifs is 1. The summed E-state index contributed by atoms with van der Waals surface area (Å²) in [4.78, 5) is 40.6. The molecule has 1 aliphatic heterocycles. The van der Waals surface area contributed by atoms with Crippen molar-refractivity contribution in [3.63, 3.8) is 0 Å². The molecular weight excluding hydrogens is 536 g/mol. The molecule has 1 aliphatic rings. The van der Waals surface area contributed by atoms with Gasteiger partial charge in [-0.3, -0.25) is 19.1 Å². The summed E-state index contributed by atoms with van der Waals surface area (Å²) in [5.41, 5.74) is 2.32. The maximum atomic E-state index is 14.0. The molecule has 2 heterocycles. The average Bonchev–Trinajstić information content (AvgIpc) is 3.59. The van der Waals surface area contributed by atoms with Crippen molar-refractivity contribution in [2.24, 2.45) is 0 Å². The number of hydrogen-bond acceptors (Lipinski definition) is 4. The highest BCUT2D eigenvalue weighted by atomic mass is 16.5. The van der Waals surface area contributed by atoms with Gasteiger partial charge in [0.05, 0.1) is 24.6 Å². The molecule has 1 atom stereocenters. The summed E-state index contributed by atoms with van der Waals surface area (Å²) in [7, 11) is 1.33. The molecule has 1 aromatic heterocycles. The first-order chi connectivity index (χ1) is 20.9. The lowest BCUT2D eigenvalue weighted by molar-refractivity contribution is -0.140. The Bertz CT molecular complexity index is 1510. The third-order valence-corrected chi connectivity index (χ3v) is 6.88. The molecular formula is C37H44N2O4. The van der Waals surface area contributed by atoms with Crippen LogP contribution in [0.5, 0.6) is 0 Å². The number of nitrogens with zero attached hydrogens (tertiary/aromatic N) is 2. The number of amides is 2. The highest BCUT2D eigenvalue weighted by Gasteiger charge is 2.52. The van der Waals surface area contributed by atoms with E-state index >= 15 is 0 Å². The maximum Gasteiger partial charge on any atom is 0.418 e. The maximum absolute atomic E-state index is 14.0. The summed E-state index contributed by atoms with van der Waals surface area (Å²) < 4.78 is 6.27. The monoisotopic (exact) mass is 580 g/mol. The SMILES string of the molecule is C=C/C=C\C.CC.CC.COC(=O)n1ccc2cc(C3(Cc4ccccc4)CC(=O)N(Cc4ccccc4)C3=O)ccc21. The number of allylic oxidation sites excluding steroid dienone is 3. The lowest BCUT2D eigenvalue weighted by Gasteiger charge is -2.28. The van der Waals surface area contributed by atoms with Gasteiger partial charge in [-0.25, -0.2) is 4.79 Å². The van der Waals surface area contributed by atoms with E-state index in [1.807, 2.05) is 132 Å². The van der Waals surface area contributed by atoms with Crippen molar-refractivity contribution in [1.29, 1.82) is 0 Å². The van der Waals surface area contributed by atoms with Gasteiger partial charge in [-0.2, -0.15) is 0 Å². The number of methoxy groups -OCH3 is 1. The lowest BCUT2D eigenvalue weighted by Crippen LogP contribution is -2.40. The molecule has 43 heavy (non-hydrogen) atoms. The van der Waals surface area contributed by atoms with Crippen LogP contribution in [0.1, 0.15) is 57.7 Å². The van der Waals surface area contributed by atoms with Gasteiger partial charge in [0, 0.05) is 18.0 Å². The molecule has 6 nitrogen and oxygen atoms in total. The van der Waals surface area contributed by atoms with E-state index in [0.29, 0.717) is 11.9 Å². The number of hydrogen-bond donors (Lipinski definition) is 0. The molecule has 0 N–H and O–H groups in total. The van der Waals surface area contributed by atoms with Crippen molar-refractivity contribution in [2.45, 2.75) is 59.4 Å². The van der Waals surface area contributed by atoms with Gasteiger partial charge >= 0.3 is 6.09 Å². The van der Waals surface area contributed by atoms with Gasteiger partial charge in [0.1, 0.15) is 0 Å². The number of rotatable bonds is 6. The molecule has 0 saturated carbocycles. The van der Waals surface area contributed by atoms with Gasteiger partial charge in [0.15, 0.2) is 0 Å². The Kier molecular flexibility index (Phi) is 13.9. The molecule has 1 fully saturated rings. The van der Waals surface area contributed by atoms with E-state index in [4.69, 9.17) is 4.74 Å². The van der Waals surface area contributed by atoms with Crippen molar-refractivity contribution >= 4 is 28.8 Å². The lowest BCUT2D eigenvalue weighted by atomic mass is 9.74. The van der Waals surface area contributed by atoms with Crippen LogP contribution >= 0.6 is 0 Å². The highest BCUT2D eigenvalue weighted by Crippen LogP contribution is 2.41. The Hall–Kier alpha value is -4.71. The number of imide groups is 1. The van der Waals surface area contributed by atoms with Crippen LogP contribution in [0.2, 0.25) is 0 Å². The van der Waals surface area contributed by atoms with Gasteiger partial charge in [0.2, 0.25) is 11.8 Å². The van der Waals surface area contributed by atoms with Gasteiger partial charge in [-0.05, 0) is 48.2 Å². The van der Waals surface area contributed by atoms with Crippen molar-refractivity contribution in [3.8, 4) is 0 Å². The van der Waals surface area contributed by atoms with Crippen molar-refractivity contribution in [1.82, 2.24) is 9.47 Å². The van der Waals surface area contributed by atoms with E-state index in [1.165, 1.54) is 16.6 Å². The summed E-state index contributed by atoms with van der Waals surface area (Å²) in [6.45, 7) is 13.7. The molecule has 1 saturated heterocycles. The average molecular weight is 581 g/mol. The van der Waals surface area contributed by atoms with E-state index in [-0.39, 0.29) is 24.8 Å². The number of ether oxygens (including phenoxy) is 1. The number of aromatic nitrogens is 1. The van der Waals surface area contributed by atoms with Crippen molar-refractivity contribution in [2.75, 3.05) is 7.11 Å². The first-order valence-electron chi connectivity index (χ1n) is 14.8. The predicted octanol–water partition coefficient (Wildman–Crippen LogP) is 8.50. The van der Waals surface area contributed by atoms with Crippen LogP contribution in [-0.4, -0.2) is 34.5 Å². The van der Waals surface area contributed by atoms with E-state index in [1.54, 1.807) is 12.3 Å². The minimum Gasteiger partial charge on any atom is -0.452 e. The van der Waals surface area contributed by atoms with Crippen LogP contribution in [-0.2, 0) is 32.7 Å². The second-order valence-corrected chi connectivity index (χ2v) is 9.38. The minimum absolute atomic E-state index is 0.0940. The Morgan fingerprint density at radius 2 is 1.51 bits per heavy atom. The largest absolute Gasteiger partial charge is 0.452 e. The van der Waals surface area contributed by atoms with Gasteiger partial charge in [-0.15, -0.1) is 0 Å². The third-order valence-electron chi connectivity index (χ3n) is 6.88. The normalized spacial score (nSPS) is 15.5. The molecule has 1 unspecified atom stereocenters. The number of carbonyl (C=O) groups is 3. The molecule has 5 rings (SSSR count). The van der Waals surface area contributed by atoms with Crippen molar-refractivity contribution < 1.29 is 19.1 Å². The Morgan fingerprint density at radius 3 is 2.05 bits per heavy atom. The molecule has 4 aromatic rings. The second kappa shape index (κ2) is 17.3. The van der Waals surface area contributed by atoms with E-state index in [9.17, 15) is 14.4 Å². The summed E-state index contributed by atoms with van der Waals surface area (Å²) >= 11 is 0. The fourth-order valence-corrected chi connectivity index (χ4v) is 4.97. The van der Waals surface area contributed by atoms with Crippen LogP contribution in [0.4, 0.5) is 4.79 Å². The Balaban J connectivity index is 0.000000642. The molecule has 2 amide bonds. The fourth-order valence-electron chi connectivity index (χ4n) is 4.97. The molecule has 0 radical (unpaired) electrons. The zero-order chi connectivity index (χ0) is 31.8. The van der Waals surface area contributed by atoms with E-state index < -0.39 is 11.5 Å². The van der Waals surface area contributed by atoms with Crippen LogP contribution in [0, 0.1) is 0 Å². The number of likely N-dealkylation sites (tertiary alicyclic amines) is 1. The fraction of sp³-hybridized carbons (Fsp3) is 0.270. The van der Waals surface area contributed by atoms with Gasteiger partial charge in [-0.1, -0.05) is 119 Å². The van der Waals surface area contributed by atoms with E-state index in [2.05, 4.69) is 6.58 Å². The molecule has 6 heteroatoms. The van der Waals surface area contributed by atoms with Gasteiger partial charge < -0.3 is 4.74 Å². The number of carbonyl (C=O) groups excluding carboxylic acids is 3. The molecule has 0 bridgehead atoms. The zero-order valence-electron chi connectivity index (χ0n) is 26.2. The second-order valence-electron chi connectivity index (χ2n) is 9.38. The predicted molar refractivity (Wildman–Crippen MR) is 176 cm³/mol. The van der Waals surface area contributed by atoms with Crippen molar-refractivity contribution in [3.05, 3.63) is 133 Å². The Labute approximate surface area is 256 Å². The van der Waals surface area contributed by atoms with Crippen LogP contribution in [0.15, 0.2) is 116 Å². The van der Waals surface area contributed by atoms with Crippen LogP contribution in [0.25, 0.3) is 10.9 Å². The quantitative estimate of drug-likeness (QED) is 0.169. The molecule has 3 aromatic carbocycles. The Morgan fingerprint density at radius 1 is 0.907 bits per heavy atom. The first-order valence-corrected chi connectivity index (χ1v) is 14.8. The zero-order valence-corrected chi connectivity index (χ0v) is 26.2. The molecule has 0 spiro atoms. The summed E-state index contributed by atoms with van der Waals surface area (Å²) in [6.07, 6.45) is 7.24. The van der Waals surface area contributed by atoms with E-state index in [0.717, 1.165) is 22.1 Å². The topological polar surface area (TPSA) is 68.6 Å². The standard InChI is InChI=1S/C28H24N2O4.C5H8.2C2H6/c1-34-27(33)29-15-14-22-16-23(12-13-24(22)29)28(17-20-8-4-2-5-9-20)18-25(31)30(26(28)32)19-21-10-6-3-7-11-21;1-3-5-4-2;2*1-2/h2-16H,17-19H2,1H3;3-5H,1H2,2H3;2*1-2H3/b;5-4-;;. The highest BCUT2D eigenvalue weighted by molar-refractivity contribution is 6.09. The first kappa shape index (κ1) is 34.5. The summed E-state index contributed by atoms with van der Waals surface area (Å²) in [6, 6.07) is 26.7. The molecule has 0 aliphatic carbocycles. The third kappa shape index (κ3) is 8.19. The smallest absolute Gasteiger partial charge is 0.418 e. The van der Waals surface area contributed by atoms with Crippen LogP contribution in [0.3, 0.4) is 0 Å².